The Kier molecular flexibility index (Phi) is 2.46. The van der Waals surface area contributed by atoms with E-state index in [1.807, 2.05) is 6.07 Å². The van der Waals surface area contributed by atoms with Crippen LogP contribution in [0.2, 0.25) is 10.0 Å². The topological polar surface area (TPSA) is 13.1 Å². The van der Waals surface area contributed by atoms with Crippen LogP contribution in [-0.2, 0) is 0 Å². The average molecular weight is 229 g/mol. The molecule has 0 unspecified atom stereocenters. The van der Waals surface area contributed by atoms with E-state index in [1.54, 1.807) is 12.3 Å². The van der Waals surface area contributed by atoms with Crippen molar-refractivity contribution in [1.29, 1.82) is 0 Å². The SMILES string of the molecule is CC(C)c1coc2c(Cl)cc(Cl)cc12. The molecule has 0 aliphatic carbocycles. The molecule has 1 aromatic heterocycles. The Balaban J connectivity index is 2.78. The highest BCUT2D eigenvalue weighted by Crippen LogP contribution is 2.34. The Morgan fingerprint density at radius 2 is 1.93 bits per heavy atom. The molecule has 74 valence electrons. The van der Waals surface area contributed by atoms with E-state index in [4.69, 9.17) is 27.6 Å². The third-order valence-electron chi connectivity index (χ3n) is 2.25. The molecule has 0 bridgehead atoms. The third kappa shape index (κ3) is 1.51. The first-order chi connectivity index (χ1) is 6.59. The molecule has 3 heteroatoms. The van der Waals surface area contributed by atoms with Crippen molar-refractivity contribution in [3.8, 4) is 0 Å². The van der Waals surface area contributed by atoms with Gasteiger partial charge in [0.2, 0.25) is 0 Å². The van der Waals surface area contributed by atoms with Crippen LogP contribution in [0, 0.1) is 0 Å². The van der Waals surface area contributed by atoms with Crippen molar-refractivity contribution in [2.24, 2.45) is 0 Å². The summed E-state index contributed by atoms with van der Waals surface area (Å²) in [5.74, 6) is 0.408. The number of rotatable bonds is 1. The van der Waals surface area contributed by atoms with Crippen LogP contribution in [0.5, 0.6) is 0 Å². The Labute approximate surface area is 92.6 Å². The Hall–Kier alpha value is -0.660. The summed E-state index contributed by atoms with van der Waals surface area (Å²) in [5, 5.41) is 2.22. The van der Waals surface area contributed by atoms with Crippen LogP contribution >= 0.6 is 23.2 Å². The van der Waals surface area contributed by atoms with Crippen molar-refractivity contribution in [1.82, 2.24) is 0 Å². The van der Waals surface area contributed by atoms with Gasteiger partial charge in [-0.15, -0.1) is 0 Å². The van der Waals surface area contributed by atoms with Gasteiger partial charge in [-0.1, -0.05) is 37.0 Å². The van der Waals surface area contributed by atoms with E-state index in [0.29, 0.717) is 16.0 Å². The summed E-state index contributed by atoms with van der Waals surface area (Å²) in [6.45, 7) is 4.22. The molecule has 2 aromatic rings. The van der Waals surface area contributed by atoms with Gasteiger partial charge in [0.05, 0.1) is 11.3 Å². The number of halogens is 2. The van der Waals surface area contributed by atoms with Gasteiger partial charge in [0.25, 0.3) is 0 Å². The molecular formula is C11H10Cl2O. The van der Waals surface area contributed by atoms with E-state index < -0.39 is 0 Å². The van der Waals surface area contributed by atoms with E-state index >= 15 is 0 Å². The summed E-state index contributed by atoms with van der Waals surface area (Å²) in [4.78, 5) is 0. The van der Waals surface area contributed by atoms with E-state index in [-0.39, 0.29) is 0 Å². The smallest absolute Gasteiger partial charge is 0.152 e. The molecule has 1 aromatic carbocycles. The molecule has 0 fully saturated rings. The lowest BCUT2D eigenvalue weighted by molar-refractivity contribution is 0.606. The molecule has 0 N–H and O–H groups in total. The van der Waals surface area contributed by atoms with Crippen LogP contribution in [0.25, 0.3) is 11.0 Å². The number of benzene rings is 1. The Bertz CT molecular complexity index is 471. The van der Waals surface area contributed by atoms with Gasteiger partial charge in [0, 0.05) is 16.0 Å². The molecule has 2 rings (SSSR count). The second-order valence-corrected chi connectivity index (χ2v) is 4.45. The van der Waals surface area contributed by atoms with Crippen molar-refractivity contribution >= 4 is 34.2 Å². The molecule has 1 nitrogen and oxygen atoms in total. The predicted molar refractivity (Wildman–Crippen MR) is 60.3 cm³/mol. The van der Waals surface area contributed by atoms with Crippen LogP contribution in [0.4, 0.5) is 0 Å². The van der Waals surface area contributed by atoms with Gasteiger partial charge in [-0.25, -0.2) is 0 Å². The average Bonchev–Trinajstić information content (AvgIpc) is 2.47. The first-order valence-electron chi connectivity index (χ1n) is 4.45. The summed E-state index contributed by atoms with van der Waals surface area (Å²) in [5.41, 5.74) is 1.86. The minimum Gasteiger partial charge on any atom is -0.462 e. The lowest BCUT2D eigenvalue weighted by atomic mass is 10.0. The van der Waals surface area contributed by atoms with Crippen LogP contribution in [0.15, 0.2) is 22.8 Å². The first-order valence-corrected chi connectivity index (χ1v) is 5.21. The maximum Gasteiger partial charge on any atom is 0.152 e. The number of hydrogen-bond acceptors (Lipinski definition) is 1. The highest BCUT2D eigenvalue weighted by Gasteiger charge is 2.12. The molecule has 0 aliphatic rings. The van der Waals surface area contributed by atoms with Gasteiger partial charge < -0.3 is 4.42 Å². The van der Waals surface area contributed by atoms with Gasteiger partial charge in [-0.3, -0.25) is 0 Å². The maximum absolute atomic E-state index is 6.00. The minimum atomic E-state index is 0.408. The lowest BCUT2D eigenvalue weighted by Gasteiger charge is -2.01. The Morgan fingerprint density at radius 1 is 1.21 bits per heavy atom. The highest BCUT2D eigenvalue weighted by molar-refractivity contribution is 6.38. The maximum atomic E-state index is 6.00. The fourth-order valence-corrected chi connectivity index (χ4v) is 2.07. The summed E-state index contributed by atoms with van der Waals surface area (Å²) < 4.78 is 5.41. The number of hydrogen-bond donors (Lipinski definition) is 0. The quantitative estimate of drug-likeness (QED) is 0.680. The zero-order chi connectivity index (χ0) is 10.3. The second kappa shape index (κ2) is 3.48. The molecular weight excluding hydrogens is 219 g/mol. The molecule has 0 saturated carbocycles. The normalized spacial score (nSPS) is 11.5. The van der Waals surface area contributed by atoms with Gasteiger partial charge in [0.1, 0.15) is 0 Å². The zero-order valence-electron chi connectivity index (χ0n) is 7.97. The zero-order valence-corrected chi connectivity index (χ0v) is 9.49. The van der Waals surface area contributed by atoms with Crippen molar-refractivity contribution in [3.63, 3.8) is 0 Å². The number of furan rings is 1. The molecule has 14 heavy (non-hydrogen) atoms. The summed E-state index contributed by atoms with van der Waals surface area (Å²) in [6.07, 6.45) is 1.75. The summed E-state index contributed by atoms with van der Waals surface area (Å²) in [7, 11) is 0. The van der Waals surface area contributed by atoms with Crippen LogP contribution < -0.4 is 0 Å². The van der Waals surface area contributed by atoms with Crippen LogP contribution in [0.1, 0.15) is 25.3 Å². The second-order valence-electron chi connectivity index (χ2n) is 3.61. The first kappa shape index (κ1) is 9.88. The molecule has 0 saturated heterocycles. The van der Waals surface area contributed by atoms with Gasteiger partial charge in [0.15, 0.2) is 5.58 Å². The fourth-order valence-electron chi connectivity index (χ4n) is 1.53. The minimum absolute atomic E-state index is 0.408. The third-order valence-corrected chi connectivity index (χ3v) is 2.74. The fraction of sp³-hybridized carbons (Fsp3) is 0.273. The summed E-state index contributed by atoms with van der Waals surface area (Å²) >= 11 is 11.9. The molecule has 1 heterocycles. The van der Waals surface area contributed by atoms with Crippen molar-refractivity contribution in [3.05, 3.63) is 34.0 Å². The number of fused-ring (bicyclic) bond motifs is 1. The van der Waals surface area contributed by atoms with E-state index in [0.717, 1.165) is 16.5 Å². The highest BCUT2D eigenvalue weighted by atomic mass is 35.5. The Morgan fingerprint density at radius 3 is 2.57 bits per heavy atom. The lowest BCUT2D eigenvalue weighted by Crippen LogP contribution is -1.83. The van der Waals surface area contributed by atoms with Crippen LogP contribution in [-0.4, -0.2) is 0 Å². The van der Waals surface area contributed by atoms with Gasteiger partial charge >= 0.3 is 0 Å². The largest absolute Gasteiger partial charge is 0.462 e. The molecule has 0 radical (unpaired) electrons. The van der Waals surface area contributed by atoms with Crippen molar-refractivity contribution < 1.29 is 4.42 Å². The molecule has 0 atom stereocenters. The van der Waals surface area contributed by atoms with E-state index in [2.05, 4.69) is 13.8 Å². The molecule has 0 aliphatic heterocycles. The van der Waals surface area contributed by atoms with E-state index in [1.165, 1.54) is 0 Å². The monoisotopic (exact) mass is 228 g/mol. The van der Waals surface area contributed by atoms with Crippen LogP contribution in [0.3, 0.4) is 0 Å². The van der Waals surface area contributed by atoms with Crippen molar-refractivity contribution in [2.45, 2.75) is 19.8 Å². The van der Waals surface area contributed by atoms with E-state index in [9.17, 15) is 0 Å². The van der Waals surface area contributed by atoms with Gasteiger partial charge in [-0.2, -0.15) is 0 Å². The van der Waals surface area contributed by atoms with Crippen molar-refractivity contribution in [2.75, 3.05) is 0 Å². The predicted octanol–water partition coefficient (Wildman–Crippen LogP) is 4.86. The molecule has 0 spiro atoms. The standard InChI is InChI=1S/C11H10Cl2O/c1-6(2)9-5-14-11-8(9)3-7(12)4-10(11)13/h3-6H,1-2H3. The summed E-state index contributed by atoms with van der Waals surface area (Å²) in [6, 6.07) is 3.58. The molecule has 0 amide bonds. The van der Waals surface area contributed by atoms with Gasteiger partial charge in [-0.05, 0) is 18.1 Å².